The van der Waals surface area contributed by atoms with E-state index in [1.54, 1.807) is 68.0 Å². The van der Waals surface area contributed by atoms with Crippen LogP contribution in [0, 0.1) is 0 Å². The summed E-state index contributed by atoms with van der Waals surface area (Å²) < 4.78 is 11.0. The summed E-state index contributed by atoms with van der Waals surface area (Å²) in [6.45, 7) is 2.96. The van der Waals surface area contributed by atoms with Gasteiger partial charge in [0.1, 0.15) is 17.3 Å². The molecule has 3 aromatic rings. The third-order valence-electron chi connectivity index (χ3n) is 6.22. The van der Waals surface area contributed by atoms with Crippen molar-refractivity contribution in [3.8, 4) is 11.5 Å². The molecule has 0 saturated carbocycles. The van der Waals surface area contributed by atoms with Gasteiger partial charge in [0.2, 0.25) is 0 Å². The Morgan fingerprint density at radius 1 is 0.944 bits per heavy atom. The van der Waals surface area contributed by atoms with Crippen LogP contribution >= 0.6 is 0 Å². The molecule has 1 amide bonds. The molecule has 2 heterocycles. The first-order valence-electron chi connectivity index (χ1n) is 12.1. The highest BCUT2D eigenvalue weighted by atomic mass is 16.5. The first-order valence-corrected chi connectivity index (χ1v) is 12.1. The Balaban J connectivity index is 1.67. The molecule has 36 heavy (non-hydrogen) atoms. The molecule has 1 saturated heterocycles. The van der Waals surface area contributed by atoms with Crippen molar-refractivity contribution in [3.05, 3.63) is 95.3 Å². The molecular formula is C29H30N2O5. The van der Waals surface area contributed by atoms with Gasteiger partial charge < -0.3 is 19.5 Å². The number of rotatable bonds is 10. The molecule has 186 valence electrons. The normalized spacial score (nSPS) is 16.8. The minimum atomic E-state index is -0.750. The number of hydrogen-bond acceptors (Lipinski definition) is 6. The van der Waals surface area contributed by atoms with Crippen molar-refractivity contribution >= 4 is 17.4 Å². The highest BCUT2D eigenvalue weighted by molar-refractivity contribution is 6.46. The van der Waals surface area contributed by atoms with Crippen LogP contribution in [0.4, 0.5) is 0 Å². The number of carbonyl (C=O) groups excluding carboxylic acids is 2. The summed E-state index contributed by atoms with van der Waals surface area (Å²) in [7, 11) is 1.59. The fraction of sp³-hybridized carbons (Fsp3) is 0.276. The molecule has 1 aliphatic rings. The predicted molar refractivity (Wildman–Crippen MR) is 137 cm³/mol. The highest BCUT2D eigenvalue weighted by Gasteiger charge is 2.46. The molecule has 1 aliphatic heterocycles. The van der Waals surface area contributed by atoms with E-state index in [0.717, 1.165) is 24.8 Å². The van der Waals surface area contributed by atoms with Crippen molar-refractivity contribution < 1.29 is 24.2 Å². The number of nitrogens with zero attached hydrogens (tertiary/aromatic N) is 2. The molecule has 4 rings (SSSR count). The number of ether oxygens (including phenoxy) is 2. The second-order valence-electron chi connectivity index (χ2n) is 8.64. The summed E-state index contributed by atoms with van der Waals surface area (Å²) in [5.41, 5.74) is 2.02. The van der Waals surface area contributed by atoms with E-state index in [-0.39, 0.29) is 17.9 Å². The van der Waals surface area contributed by atoms with E-state index in [4.69, 9.17) is 9.47 Å². The number of aliphatic hydroxyl groups excluding tert-OH is 1. The van der Waals surface area contributed by atoms with Crippen LogP contribution in [0.5, 0.6) is 11.5 Å². The maximum absolute atomic E-state index is 13.2. The number of pyridine rings is 1. The van der Waals surface area contributed by atoms with Gasteiger partial charge in [0, 0.05) is 24.5 Å². The van der Waals surface area contributed by atoms with Crippen molar-refractivity contribution in [1.82, 2.24) is 9.88 Å². The van der Waals surface area contributed by atoms with Gasteiger partial charge in [-0.3, -0.25) is 14.6 Å². The van der Waals surface area contributed by atoms with Gasteiger partial charge in [-0.05, 0) is 66.1 Å². The first-order chi connectivity index (χ1) is 17.5. The van der Waals surface area contributed by atoms with Gasteiger partial charge in [-0.2, -0.15) is 0 Å². The Hall–Kier alpha value is -4.13. The molecule has 2 aromatic carbocycles. The maximum Gasteiger partial charge on any atom is 0.295 e. The van der Waals surface area contributed by atoms with Crippen LogP contribution in [0.2, 0.25) is 0 Å². The zero-order valence-electron chi connectivity index (χ0n) is 20.5. The molecule has 7 heteroatoms. The molecule has 0 bridgehead atoms. The lowest BCUT2D eigenvalue weighted by Gasteiger charge is -2.25. The molecule has 0 radical (unpaired) electrons. The first kappa shape index (κ1) is 25.0. The van der Waals surface area contributed by atoms with Crippen LogP contribution < -0.4 is 9.47 Å². The lowest BCUT2D eigenvalue weighted by molar-refractivity contribution is -0.140. The van der Waals surface area contributed by atoms with Gasteiger partial charge in [-0.15, -0.1) is 0 Å². The number of unbranched alkanes of at least 4 members (excludes halogenated alkanes) is 2. The average molecular weight is 487 g/mol. The second kappa shape index (κ2) is 11.5. The smallest absolute Gasteiger partial charge is 0.295 e. The Bertz CT molecular complexity index is 1220. The molecule has 0 aliphatic carbocycles. The second-order valence-corrected chi connectivity index (χ2v) is 8.64. The molecule has 1 N–H and O–H groups in total. The Morgan fingerprint density at radius 2 is 1.61 bits per heavy atom. The largest absolute Gasteiger partial charge is 0.507 e. The van der Waals surface area contributed by atoms with E-state index in [2.05, 4.69) is 11.9 Å². The fourth-order valence-corrected chi connectivity index (χ4v) is 4.27. The Labute approximate surface area is 211 Å². The zero-order chi connectivity index (χ0) is 25.5. The number of methoxy groups -OCH3 is 1. The summed E-state index contributed by atoms with van der Waals surface area (Å²) in [4.78, 5) is 31.9. The lowest BCUT2D eigenvalue weighted by atomic mass is 9.96. The summed E-state index contributed by atoms with van der Waals surface area (Å²) in [6.07, 6.45) is 6.40. The molecule has 7 nitrogen and oxygen atoms in total. The number of likely N-dealkylation sites (tertiary alicyclic amines) is 1. The van der Waals surface area contributed by atoms with Crippen molar-refractivity contribution in [3.63, 3.8) is 0 Å². The van der Waals surface area contributed by atoms with Crippen molar-refractivity contribution in [2.24, 2.45) is 0 Å². The summed E-state index contributed by atoms with van der Waals surface area (Å²) in [6, 6.07) is 17.0. The summed E-state index contributed by atoms with van der Waals surface area (Å²) in [5, 5.41) is 11.2. The average Bonchev–Trinajstić information content (AvgIpc) is 3.17. The van der Waals surface area contributed by atoms with Gasteiger partial charge in [0.05, 0.1) is 25.3 Å². The van der Waals surface area contributed by atoms with E-state index in [1.807, 2.05) is 12.1 Å². The molecular weight excluding hydrogens is 456 g/mol. The van der Waals surface area contributed by atoms with Crippen LogP contribution in [0.25, 0.3) is 5.76 Å². The van der Waals surface area contributed by atoms with E-state index >= 15 is 0 Å². The molecule has 1 aromatic heterocycles. The van der Waals surface area contributed by atoms with Crippen LogP contribution in [0.3, 0.4) is 0 Å². The lowest BCUT2D eigenvalue weighted by Crippen LogP contribution is -2.29. The topological polar surface area (TPSA) is 89.0 Å². The van der Waals surface area contributed by atoms with Crippen LogP contribution in [-0.2, 0) is 16.1 Å². The number of amides is 1. The maximum atomic E-state index is 13.2. The molecule has 1 atom stereocenters. The van der Waals surface area contributed by atoms with E-state index in [1.165, 1.54) is 4.90 Å². The monoisotopic (exact) mass is 486 g/mol. The number of carbonyl (C=O) groups is 2. The number of Topliss-reactive ketones (excluding diaryl/α,β-unsaturated/α-hetero) is 1. The van der Waals surface area contributed by atoms with Crippen molar-refractivity contribution in [1.29, 1.82) is 0 Å². The number of aliphatic hydroxyl groups is 1. The predicted octanol–water partition coefficient (Wildman–Crippen LogP) is 5.28. The van der Waals surface area contributed by atoms with Gasteiger partial charge in [0.25, 0.3) is 11.7 Å². The molecule has 1 fully saturated rings. The standard InChI is InChI=1S/C29H30N2O5/c1-3-4-5-18-36-24-12-8-22(9-13-24)27(32)25-26(21-14-16-30-17-15-21)31(29(34)28(25)33)19-20-6-10-23(35-2)11-7-20/h6-17,26,32H,3-5,18-19H2,1-2H3/b27-25-. The number of hydrogen-bond donors (Lipinski definition) is 1. The van der Waals surface area contributed by atoms with E-state index in [0.29, 0.717) is 29.2 Å². The van der Waals surface area contributed by atoms with Crippen LogP contribution in [0.15, 0.2) is 78.6 Å². The van der Waals surface area contributed by atoms with E-state index < -0.39 is 17.7 Å². The van der Waals surface area contributed by atoms with Gasteiger partial charge in [-0.1, -0.05) is 31.9 Å². The van der Waals surface area contributed by atoms with Crippen LogP contribution in [0.1, 0.15) is 48.9 Å². The van der Waals surface area contributed by atoms with Gasteiger partial charge in [0.15, 0.2) is 0 Å². The van der Waals surface area contributed by atoms with Gasteiger partial charge >= 0.3 is 0 Å². The third kappa shape index (κ3) is 5.40. The summed E-state index contributed by atoms with van der Waals surface area (Å²) in [5.74, 6) is -0.213. The Kier molecular flexibility index (Phi) is 8.00. The third-order valence-corrected chi connectivity index (χ3v) is 6.22. The Morgan fingerprint density at radius 3 is 2.25 bits per heavy atom. The summed E-state index contributed by atoms with van der Waals surface area (Å²) >= 11 is 0. The number of aromatic nitrogens is 1. The minimum Gasteiger partial charge on any atom is -0.507 e. The zero-order valence-corrected chi connectivity index (χ0v) is 20.5. The van der Waals surface area contributed by atoms with Crippen molar-refractivity contribution in [2.45, 2.75) is 38.8 Å². The molecule has 0 spiro atoms. The highest BCUT2D eigenvalue weighted by Crippen LogP contribution is 2.40. The molecule has 1 unspecified atom stereocenters. The van der Waals surface area contributed by atoms with Gasteiger partial charge in [-0.25, -0.2) is 0 Å². The minimum absolute atomic E-state index is 0.0522. The number of benzene rings is 2. The number of ketones is 1. The van der Waals surface area contributed by atoms with Crippen LogP contribution in [-0.4, -0.2) is 40.4 Å². The van der Waals surface area contributed by atoms with E-state index in [9.17, 15) is 14.7 Å². The quantitative estimate of drug-likeness (QED) is 0.182. The fourth-order valence-electron chi connectivity index (χ4n) is 4.27. The SMILES string of the molecule is CCCCCOc1ccc(/C(O)=C2/C(=O)C(=O)N(Cc3ccc(OC)cc3)C2c2ccncc2)cc1. The van der Waals surface area contributed by atoms with Crippen molar-refractivity contribution in [2.75, 3.05) is 13.7 Å².